The summed E-state index contributed by atoms with van der Waals surface area (Å²) in [6.07, 6.45) is -10.9. The first-order valence-electron chi connectivity index (χ1n) is 5.75. The summed E-state index contributed by atoms with van der Waals surface area (Å²) in [4.78, 5) is 0. The van der Waals surface area contributed by atoms with Crippen LogP contribution in [-0.4, -0.2) is 25.6 Å². The third kappa shape index (κ3) is 5.93. The lowest BCUT2D eigenvalue weighted by Gasteiger charge is -2.35. The number of hydrogen-bond acceptors (Lipinski definition) is 1. The Morgan fingerprint density at radius 1 is 0.833 bits per heavy atom. The van der Waals surface area contributed by atoms with Gasteiger partial charge in [0.2, 0.25) is 0 Å². The maximum Gasteiger partial charge on any atom is 0.389 e. The molecule has 2 unspecified atom stereocenters. The van der Waals surface area contributed by atoms with E-state index in [1.54, 1.807) is 0 Å². The van der Waals surface area contributed by atoms with Gasteiger partial charge in [0.15, 0.2) is 0 Å². The first-order valence-corrected chi connectivity index (χ1v) is 5.75. The van der Waals surface area contributed by atoms with Gasteiger partial charge in [0.25, 0.3) is 0 Å². The Labute approximate surface area is 101 Å². The zero-order valence-electron chi connectivity index (χ0n) is 9.94. The van der Waals surface area contributed by atoms with Crippen LogP contribution in [0.1, 0.15) is 32.1 Å². The Hall–Kier alpha value is -0.460. The van der Waals surface area contributed by atoms with Crippen LogP contribution in [-0.2, 0) is 4.74 Å². The standard InChI is InChI=1S/C11H16F6O/c1-18-9-3-7(5-10(12,13)14)2-8(4-9)6-11(15,16)17/h7-9H,2-6H2,1H3. The molecule has 1 nitrogen and oxygen atoms in total. The van der Waals surface area contributed by atoms with E-state index in [1.165, 1.54) is 7.11 Å². The van der Waals surface area contributed by atoms with Gasteiger partial charge in [-0.15, -0.1) is 0 Å². The van der Waals surface area contributed by atoms with E-state index < -0.39 is 43.1 Å². The Kier molecular flexibility index (Phi) is 4.91. The van der Waals surface area contributed by atoms with Crippen molar-refractivity contribution in [2.75, 3.05) is 7.11 Å². The first-order chi connectivity index (χ1) is 8.09. The van der Waals surface area contributed by atoms with Crippen molar-refractivity contribution >= 4 is 0 Å². The molecule has 7 heteroatoms. The van der Waals surface area contributed by atoms with Crippen LogP contribution in [0.5, 0.6) is 0 Å². The molecule has 1 rings (SSSR count). The number of rotatable bonds is 3. The van der Waals surface area contributed by atoms with Crippen LogP contribution < -0.4 is 0 Å². The van der Waals surface area contributed by atoms with Crippen molar-refractivity contribution in [2.45, 2.75) is 50.6 Å². The van der Waals surface area contributed by atoms with Crippen LogP contribution in [0, 0.1) is 11.8 Å². The van der Waals surface area contributed by atoms with Gasteiger partial charge in [0.1, 0.15) is 0 Å². The molecule has 0 spiro atoms. The predicted octanol–water partition coefficient (Wildman–Crippen LogP) is 4.32. The average Bonchev–Trinajstić information content (AvgIpc) is 2.11. The molecule has 0 aromatic rings. The molecule has 0 heterocycles. The van der Waals surface area contributed by atoms with Gasteiger partial charge in [-0.3, -0.25) is 0 Å². The third-order valence-electron chi connectivity index (χ3n) is 3.23. The number of halogens is 6. The highest BCUT2D eigenvalue weighted by Gasteiger charge is 2.40. The summed E-state index contributed by atoms with van der Waals surface area (Å²) in [6, 6.07) is 0. The van der Waals surface area contributed by atoms with Crippen LogP contribution in [0.4, 0.5) is 26.3 Å². The Morgan fingerprint density at radius 2 is 1.22 bits per heavy atom. The summed E-state index contributed by atoms with van der Waals surface area (Å²) in [5.74, 6) is -1.54. The van der Waals surface area contributed by atoms with Crippen molar-refractivity contribution in [2.24, 2.45) is 11.8 Å². The highest BCUT2D eigenvalue weighted by molar-refractivity contribution is 4.82. The monoisotopic (exact) mass is 278 g/mol. The number of ether oxygens (including phenoxy) is 1. The zero-order valence-corrected chi connectivity index (χ0v) is 9.94. The van der Waals surface area contributed by atoms with E-state index in [-0.39, 0.29) is 19.3 Å². The van der Waals surface area contributed by atoms with Gasteiger partial charge >= 0.3 is 12.4 Å². The molecular weight excluding hydrogens is 262 g/mol. The van der Waals surface area contributed by atoms with Gasteiger partial charge < -0.3 is 4.74 Å². The molecule has 0 aromatic heterocycles. The molecule has 1 aliphatic rings. The van der Waals surface area contributed by atoms with E-state index in [0.717, 1.165) is 0 Å². The van der Waals surface area contributed by atoms with E-state index in [0.29, 0.717) is 0 Å². The maximum atomic E-state index is 12.3. The molecule has 1 fully saturated rings. The van der Waals surface area contributed by atoms with Crippen LogP contribution in [0.25, 0.3) is 0 Å². The van der Waals surface area contributed by atoms with Crippen LogP contribution in [0.2, 0.25) is 0 Å². The van der Waals surface area contributed by atoms with Gasteiger partial charge in [0.05, 0.1) is 6.10 Å². The van der Waals surface area contributed by atoms with Crippen molar-refractivity contribution < 1.29 is 31.1 Å². The average molecular weight is 278 g/mol. The molecular formula is C11H16F6O. The second-order valence-electron chi connectivity index (χ2n) is 4.94. The van der Waals surface area contributed by atoms with E-state index in [2.05, 4.69) is 0 Å². The molecule has 1 saturated carbocycles. The fourth-order valence-electron chi connectivity index (χ4n) is 2.68. The summed E-state index contributed by atoms with van der Waals surface area (Å²) in [5, 5.41) is 0. The van der Waals surface area contributed by atoms with Crippen LogP contribution in [0.3, 0.4) is 0 Å². The molecule has 0 bridgehead atoms. The van der Waals surface area contributed by atoms with E-state index in [9.17, 15) is 26.3 Å². The predicted molar refractivity (Wildman–Crippen MR) is 53.0 cm³/mol. The number of alkyl halides is 6. The minimum Gasteiger partial charge on any atom is -0.381 e. The molecule has 0 amide bonds. The van der Waals surface area contributed by atoms with Crippen molar-refractivity contribution in [1.29, 1.82) is 0 Å². The quantitative estimate of drug-likeness (QED) is 0.698. The van der Waals surface area contributed by atoms with Gasteiger partial charge in [-0.2, -0.15) is 26.3 Å². The van der Waals surface area contributed by atoms with Crippen molar-refractivity contribution in [3.05, 3.63) is 0 Å². The van der Waals surface area contributed by atoms with Gasteiger partial charge in [0, 0.05) is 20.0 Å². The van der Waals surface area contributed by atoms with Crippen molar-refractivity contribution in [1.82, 2.24) is 0 Å². The topological polar surface area (TPSA) is 9.23 Å². The lowest BCUT2D eigenvalue weighted by Crippen LogP contribution is -2.32. The highest BCUT2D eigenvalue weighted by atomic mass is 19.4. The first kappa shape index (κ1) is 15.6. The second-order valence-corrected chi connectivity index (χ2v) is 4.94. The SMILES string of the molecule is COC1CC(CC(F)(F)F)CC(CC(F)(F)F)C1. The summed E-state index contributed by atoms with van der Waals surface area (Å²) >= 11 is 0. The summed E-state index contributed by atoms with van der Waals surface area (Å²) < 4.78 is 78.6. The number of methoxy groups -OCH3 is 1. The fourth-order valence-corrected chi connectivity index (χ4v) is 2.68. The maximum absolute atomic E-state index is 12.3. The molecule has 2 atom stereocenters. The zero-order chi connectivity index (χ0) is 14.0. The molecule has 18 heavy (non-hydrogen) atoms. The molecule has 0 radical (unpaired) electrons. The molecule has 0 saturated heterocycles. The Bertz CT molecular complexity index is 235. The van der Waals surface area contributed by atoms with E-state index >= 15 is 0 Å². The molecule has 108 valence electrons. The van der Waals surface area contributed by atoms with E-state index in [4.69, 9.17) is 4.74 Å². The largest absolute Gasteiger partial charge is 0.389 e. The fraction of sp³-hybridized carbons (Fsp3) is 1.00. The van der Waals surface area contributed by atoms with Crippen molar-refractivity contribution in [3.63, 3.8) is 0 Å². The summed E-state index contributed by atoms with van der Waals surface area (Å²) in [6.45, 7) is 0. The minimum atomic E-state index is -4.33. The van der Waals surface area contributed by atoms with Crippen LogP contribution >= 0.6 is 0 Å². The molecule has 0 N–H and O–H groups in total. The highest BCUT2D eigenvalue weighted by Crippen LogP contribution is 2.41. The lowest BCUT2D eigenvalue weighted by molar-refractivity contribution is -0.163. The smallest absolute Gasteiger partial charge is 0.381 e. The number of hydrogen-bond donors (Lipinski definition) is 0. The minimum absolute atomic E-state index is 0.0289. The Balaban J connectivity index is 2.60. The van der Waals surface area contributed by atoms with Crippen LogP contribution in [0.15, 0.2) is 0 Å². The normalized spacial score (nSPS) is 30.5. The third-order valence-corrected chi connectivity index (χ3v) is 3.23. The summed E-state index contributed by atoms with van der Waals surface area (Å²) in [7, 11) is 1.32. The van der Waals surface area contributed by atoms with E-state index in [1.807, 2.05) is 0 Å². The second kappa shape index (κ2) is 5.67. The molecule has 1 aliphatic carbocycles. The lowest BCUT2D eigenvalue weighted by atomic mass is 9.76. The summed E-state index contributed by atoms with van der Waals surface area (Å²) in [5.41, 5.74) is 0. The Morgan fingerprint density at radius 3 is 1.50 bits per heavy atom. The molecule has 0 aliphatic heterocycles. The van der Waals surface area contributed by atoms with Gasteiger partial charge in [-0.1, -0.05) is 0 Å². The van der Waals surface area contributed by atoms with Crippen molar-refractivity contribution in [3.8, 4) is 0 Å². The van der Waals surface area contributed by atoms with Gasteiger partial charge in [-0.05, 0) is 31.1 Å². The van der Waals surface area contributed by atoms with Gasteiger partial charge in [-0.25, -0.2) is 0 Å². The molecule has 0 aromatic carbocycles.